The number of aryl methyl sites for hydroxylation is 2. The highest BCUT2D eigenvalue weighted by Gasteiger charge is 1.97. The molecular weight excluding hydrogens is 134 g/mol. The Morgan fingerprint density at radius 2 is 1.73 bits per heavy atom. The first-order valence-corrected chi connectivity index (χ1v) is 3.64. The summed E-state index contributed by atoms with van der Waals surface area (Å²) in [7, 11) is 0. The third kappa shape index (κ3) is 1.43. The summed E-state index contributed by atoms with van der Waals surface area (Å²) in [5, 5.41) is 0. The highest BCUT2D eigenvalue weighted by Crippen LogP contribution is 2.18. The number of hydrogen-bond donors (Lipinski definition) is 1. The SMILES string of the molecule is C=Cc1cc(C)c(N)c(C)c1. The van der Waals surface area contributed by atoms with Crippen molar-refractivity contribution in [1.29, 1.82) is 0 Å². The van der Waals surface area contributed by atoms with E-state index in [1.807, 2.05) is 32.1 Å². The van der Waals surface area contributed by atoms with Gasteiger partial charge in [-0.15, -0.1) is 0 Å². The Labute approximate surface area is 67.5 Å². The molecule has 0 amide bonds. The van der Waals surface area contributed by atoms with Gasteiger partial charge in [0.15, 0.2) is 0 Å². The van der Waals surface area contributed by atoms with Gasteiger partial charge >= 0.3 is 0 Å². The molecule has 0 aromatic heterocycles. The lowest BCUT2D eigenvalue weighted by Crippen LogP contribution is -1.93. The Hall–Kier alpha value is -1.24. The van der Waals surface area contributed by atoms with Gasteiger partial charge in [-0.3, -0.25) is 0 Å². The van der Waals surface area contributed by atoms with Crippen molar-refractivity contribution >= 4 is 11.8 Å². The van der Waals surface area contributed by atoms with E-state index in [-0.39, 0.29) is 0 Å². The first kappa shape index (κ1) is 7.86. The zero-order chi connectivity index (χ0) is 8.43. The molecule has 0 heterocycles. The van der Waals surface area contributed by atoms with Crippen molar-refractivity contribution in [2.75, 3.05) is 5.73 Å². The molecule has 0 spiro atoms. The second kappa shape index (κ2) is 2.79. The number of benzene rings is 1. The van der Waals surface area contributed by atoms with Gasteiger partial charge in [0.25, 0.3) is 0 Å². The fourth-order valence-electron chi connectivity index (χ4n) is 1.13. The van der Waals surface area contributed by atoms with Crippen LogP contribution in [0.3, 0.4) is 0 Å². The summed E-state index contributed by atoms with van der Waals surface area (Å²) < 4.78 is 0. The number of hydrogen-bond acceptors (Lipinski definition) is 1. The molecule has 0 fully saturated rings. The van der Waals surface area contributed by atoms with E-state index in [0.717, 1.165) is 22.4 Å². The fraction of sp³-hybridized carbons (Fsp3) is 0.200. The third-order valence-corrected chi connectivity index (χ3v) is 1.85. The van der Waals surface area contributed by atoms with E-state index in [2.05, 4.69) is 6.58 Å². The van der Waals surface area contributed by atoms with Crippen molar-refractivity contribution in [2.24, 2.45) is 0 Å². The minimum absolute atomic E-state index is 0.885. The molecule has 1 rings (SSSR count). The summed E-state index contributed by atoms with van der Waals surface area (Å²) in [6.07, 6.45) is 1.83. The number of rotatable bonds is 1. The molecule has 0 bridgehead atoms. The van der Waals surface area contributed by atoms with E-state index in [1.165, 1.54) is 0 Å². The second-order valence-corrected chi connectivity index (χ2v) is 2.77. The van der Waals surface area contributed by atoms with Crippen molar-refractivity contribution in [2.45, 2.75) is 13.8 Å². The van der Waals surface area contributed by atoms with Crippen LogP contribution >= 0.6 is 0 Å². The molecule has 1 heteroatoms. The highest BCUT2D eigenvalue weighted by atomic mass is 14.6. The van der Waals surface area contributed by atoms with Crippen LogP contribution in [0, 0.1) is 13.8 Å². The van der Waals surface area contributed by atoms with Gasteiger partial charge in [0.2, 0.25) is 0 Å². The minimum Gasteiger partial charge on any atom is -0.398 e. The van der Waals surface area contributed by atoms with Gasteiger partial charge in [-0.1, -0.05) is 12.7 Å². The predicted octanol–water partition coefficient (Wildman–Crippen LogP) is 2.53. The number of nitrogens with two attached hydrogens (primary N) is 1. The van der Waals surface area contributed by atoms with Crippen molar-refractivity contribution in [3.8, 4) is 0 Å². The third-order valence-electron chi connectivity index (χ3n) is 1.85. The van der Waals surface area contributed by atoms with E-state index in [1.54, 1.807) is 0 Å². The van der Waals surface area contributed by atoms with Crippen molar-refractivity contribution in [1.82, 2.24) is 0 Å². The summed E-state index contributed by atoms with van der Waals surface area (Å²) >= 11 is 0. The quantitative estimate of drug-likeness (QED) is 0.607. The Bertz CT molecular complexity index is 264. The van der Waals surface area contributed by atoms with Gasteiger partial charge in [-0.05, 0) is 42.7 Å². The summed E-state index contributed by atoms with van der Waals surface area (Å²) in [5.74, 6) is 0. The summed E-state index contributed by atoms with van der Waals surface area (Å²) in [4.78, 5) is 0. The lowest BCUT2D eigenvalue weighted by atomic mass is 10.1. The molecule has 1 nitrogen and oxygen atoms in total. The zero-order valence-electron chi connectivity index (χ0n) is 7.02. The van der Waals surface area contributed by atoms with E-state index >= 15 is 0 Å². The molecule has 11 heavy (non-hydrogen) atoms. The summed E-state index contributed by atoms with van der Waals surface area (Å²) in [6, 6.07) is 4.07. The Morgan fingerprint density at radius 3 is 2.09 bits per heavy atom. The van der Waals surface area contributed by atoms with Crippen LogP contribution in [0.15, 0.2) is 18.7 Å². The average Bonchev–Trinajstić information content (AvgIpc) is 1.99. The van der Waals surface area contributed by atoms with Gasteiger partial charge in [0.1, 0.15) is 0 Å². The Morgan fingerprint density at radius 1 is 1.27 bits per heavy atom. The monoisotopic (exact) mass is 147 g/mol. The lowest BCUT2D eigenvalue weighted by Gasteiger charge is -2.05. The first-order valence-electron chi connectivity index (χ1n) is 3.64. The van der Waals surface area contributed by atoms with Crippen LogP contribution in [0.25, 0.3) is 6.08 Å². The van der Waals surface area contributed by atoms with Crippen molar-refractivity contribution in [3.63, 3.8) is 0 Å². The zero-order valence-corrected chi connectivity index (χ0v) is 7.02. The van der Waals surface area contributed by atoms with E-state index in [9.17, 15) is 0 Å². The number of nitrogen functional groups attached to an aromatic ring is 1. The maximum atomic E-state index is 5.77. The standard InChI is InChI=1S/C10H13N/c1-4-9-5-7(2)10(11)8(3)6-9/h4-6H,1,11H2,2-3H3. The molecule has 0 aliphatic carbocycles. The average molecular weight is 147 g/mol. The maximum absolute atomic E-state index is 5.77. The van der Waals surface area contributed by atoms with Crippen molar-refractivity contribution < 1.29 is 0 Å². The molecule has 0 unspecified atom stereocenters. The van der Waals surface area contributed by atoms with Gasteiger partial charge in [-0.2, -0.15) is 0 Å². The molecule has 0 atom stereocenters. The lowest BCUT2D eigenvalue weighted by molar-refractivity contribution is 1.38. The Balaban J connectivity index is 3.31. The second-order valence-electron chi connectivity index (χ2n) is 2.77. The first-order chi connectivity index (χ1) is 5.15. The summed E-state index contributed by atoms with van der Waals surface area (Å²) in [6.45, 7) is 7.72. The molecule has 1 aromatic rings. The van der Waals surface area contributed by atoms with Gasteiger partial charge in [0, 0.05) is 5.69 Å². The smallest absolute Gasteiger partial charge is 0.0373 e. The molecule has 0 aliphatic heterocycles. The maximum Gasteiger partial charge on any atom is 0.0373 e. The van der Waals surface area contributed by atoms with Crippen LogP contribution in [0.5, 0.6) is 0 Å². The van der Waals surface area contributed by atoms with Gasteiger partial charge in [-0.25, -0.2) is 0 Å². The van der Waals surface area contributed by atoms with E-state index < -0.39 is 0 Å². The normalized spacial score (nSPS) is 9.64. The molecular formula is C10H13N. The fourth-order valence-corrected chi connectivity index (χ4v) is 1.13. The Kier molecular flexibility index (Phi) is 1.99. The molecule has 1 aromatic carbocycles. The topological polar surface area (TPSA) is 26.0 Å². The molecule has 0 radical (unpaired) electrons. The van der Waals surface area contributed by atoms with Crippen LogP contribution in [0.4, 0.5) is 5.69 Å². The molecule has 2 N–H and O–H groups in total. The molecule has 58 valence electrons. The molecule has 0 saturated heterocycles. The van der Waals surface area contributed by atoms with Crippen LogP contribution in [-0.4, -0.2) is 0 Å². The largest absolute Gasteiger partial charge is 0.398 e. The number of anilines is 1. The molecule has 0 saturated carbocycles. The minimum atomic E-state index is 0.885. The van der Waals surface area contributed by atoms with Crippen LogP contribution in [0.2, 0.25) is 0 Å². The van der Waals surface area contributed by atoms with Gasteiger partial charge < -0.3 is 5.73 Å². The van der Waals surface area contributed by atoms with Crippen LogP contribution < -0.4 is 5.73 Å². The van der Waals surface area contributed by atoms with Crippen molar-refractivity contribution in [3.05, 3.63) is 35.4 Å². The summed E-state index contributed by atoms with van der Waals surface area (Å²) in [5.41, 5.74) is 10.0. The highest BCUT2D eigenvalue weighted by molar-refractivity contribution is 5.60. The van der Waals surface area contributed by atoms with Crippen LogP contribution in [-0.2, 0) is 0 Å². The van der Waals surface area contributed by atoms with E-state index in [4.69, 9.17) is 5.73 Å². The van der Waals surface area contributed by atoms with Crippen LogP contribution in [0.1, 0.15) is 16.7 Å². The molecule has 0 aliphatic rings. The van der Waals surface area contributed by atoms with Gasteiger partial charge in [0.05, 0.1) is 0 Å². The predicted molar refractivity (Wildman–Crippen MR) is 50.4 cm³/mol. The van der Waals surface area contributed by atoms with E-state index in [0.29, 0.717) is 0 Å².